The Labute approximate surface area is 160 Å². The number of aryl methyl sites for hydroxylation is 1. The number of rotatable bonds is 6. The Balaban J connectivity index is 1.74. The fraction of sp³-hybridized carbons (Fsp3) is 0.600. The van der Waals surface area contributed by atoms with Gasteiger partial charge in [0.2, 0.25) is 10.0 Å². The van der Waals surface area contributed by atoms with Crippen LogP contribution in [0, 0.1) is 5.92 Å². The fourth-order valence-electron chi connectivity index (χ4n) is 4.30. The monoisotopic (exact) mass is 393 g/mol. The SMILES string of the molecule is CN(c1ccc(CCC2(C3CCCC3)CC(=O)CC(=O)O2)cc1)S(C)(=O)=O. The van der Waals surface area contributed by atoms with Crippen molar-refractivity contribution in [1.82, 2.24) is 0 Å². The molecule has 7 heteroatoms. The number of carbonyl (C=O) groups is 2. The van der Waals surface area contributed by atoms with Crippen LogP contribution in [0.1, 0.15) is 50.5 Å². The van der Waals surface area contributed by atoms with Crippen molar-refractivity contribution in [2.24, 2.45) is 5.92 Å². The second kappa shape index (κ2) is 7.62. The van der Waals surface area contributed by atoms with Crippen LogP contribution in [0.3, 0.4) is 0 Å². The number of cyclic esters (lactones) is 1. The van der Waals surface area contributed by atoms with Crippen molar-refractivity contribution >= 4 is 27.5 Å². The van der Waals surface area contributed by atoms with E-state index in [1.165, 1.54) is 17.6 Å². The van der Waals surface area contributed by atoms with E-state index >= 15 is 0 Å². The van der Waals surface area contributed by atoms with Crippen molar-refractivity contribution in [3.05, 3.63) is 29.8 Å². The molecule has 3 rings (SSSR count). The van der Waals surface area contributed by atoms with Crippen LogP contribution in [0.25, 0.3) is 0 Å². The number of sulfonamides is 1. The van der Waals surface area contributed by atoms with Crippen LogP contribution in [0.5, 0.6) is 0 Å². The maximum atomic E-state index is 12.1. The van der Waals surface area contributed by atoms with Crippen LogP contribution in [-0.2, 0) is 30.8 Å². The second-order valence-electron chi connectivity index (χ2n) is 7.81. The van der Waals surface area contributed by atoms with Gasteiger partial charge in [0.15, 0.2) is 0 Å². The number of carbonyl (C=O) groups excluding carboxylic acids is 2. The molecule has 1 aliphatic carbocycles. The maximum absolute atomic E-state index is 12.1. The van der Waals surface area contributed by atoms with Gasteiger partial charge in [-0.2, -0.15) is 0 Å². The number of esters is 1. The number of anilines is 1. The van der Waals surface area contributed by atoms with E-state index in [4.69, 9.17) is 4.74 Å². The van der Waals surface area contributed by atoms with Gasteiger partial charge >= 0.3 is 5.97 Å². The summed E-state index contributed by atoms with van der Waals surface area (Å²) >= 11 is 0. The molecule has 2 aliphatic rings. The zero-order chi connectivity index (χ0) is 19.7. The average Bonchev–Trinajstić information content (AvgIpc) is 3.13. The summed E-state index contributed by atoms with van der Waals surface area (Å²) < 4.78 is 30.3. The van der Waals surface area contributed by atoms with Gasteiger partial charge in [-0.1, -0.05) is 25.0 Å². The third kappa shape index (κ3) is 4.51. The van der Waals surface area contributed by atoms with E-state index in [-0.39, 0.29) is 18.1 Å². The largest absolute Gasteiger partial charge is 0.458 e. The average molecular weight is 394 g/mol. The third-order valence-electron chi connectivity index (χ3n) is 5.89. The standard InChI is InChI=1S/C20H27NO5S/c1-21(27(2,24)25)17-9-7-15(8-10-17)11-12-20(16-5-3-4-6-16)14-18(22)13-19(23)26-20/h7-10,16H,3-6,11-14H2,1-2H3. The highest BCUT2D eigenvalue weighted by atomic mass is 32.2. The van der Waals surface area contributed by atoms with Crippen molar-refractivity contribution in [2.75, 3.05) is 17.6 Å². The molecule has 148 valence electrons. The number of hydrogen-bond donors (Lipinski definition) is 0. The van der Waals surface area contributed by atoms with E-state index in [0.717, 1.165) is 31.2 Å². The normalized spacial score (nSPS) is 24.1. The van der Waals surface area contributed by atoms with Crippen molar-refractivity contribution in [2.45, 2.75) is 57.0 Å². The summed E-state index contributed by atoms with van der Waals surface area (Å²) in [5.41, 5.74) is 0.962. The highest BCUT2D eigenvalue weighted by Gasteiger charge is 2.47. The Morgan fingerprint density at radius 3 is 2.33 bits per heavy atom. The van der Waals surface area contributed by atoms with Gasteiger partial charge in [-0.05, 0) is 49.3 Å². The lowest BCUT2D eigenvalue weighted by Crippen LogP contribution is -2.48. The van der Waals surface area contributed by atoms with Gasteiger partial charge in [0.1, 0.15) is 17.8 Å². The molecule has 0 spiro atoms. The summed E-state index contributed by atoms with van der Waals surface area (Å²) in [4.78, 5) is 24.1. The quantitative estimate of drug-likeness (QED) is 0.548. The zero-order valence-electron chi connectivity index (χ0n) is 15.9. The Morgan fingerprint density at radius 1 is 1.15 bits per heavy atom. The molecule has 0 radical (unpaired) electrons. The zero-order valence-corrected chi connectivity index (χ0v) is 16.8. The molecule has 1 aromatic carbocycles. The molecule has 1 heterocycles. The molecule has 1 aliphatic heterocycles. The van der Waals surface area contributed by atoms with Gasteiger partial charge in [-0.25, -0.2) is 8.42 Å². The highest BCUT2D eigenvalue weighted by Crippen LogP contribution is 2.43. The lowest BCUT2D eigenvalue weighted by molar-refractivity contribution is -0.178. The lowest BCUT2D eigenvalue weighted by atomic mass is 9.76. The van der Waals surface area contributed by atoms with Gasteiger partial charge in [0.25, 0.3) is 0 Å². The first-order chi connectivity index (χ1) is 12.7. The Bertz CT molecular complexity index is 793. The van der Waals surface area contributed by atoms with E-state index in [9.17, 15) is 18.0 Å². The summed E-state index contributed by atoms with van der Waals surface area (Å²) in [6.07, 6.45) is 6.91. The van der Waals surface area contributed by atoms with Crippen molar-refractivity contribution in [3.63, 3.8) is 0 Å². The first kappa shape index (κ1) is 19.9. The Morgan fingerprint density at radius 2 is 1.78 bits per heavy atom. The van der Waals surface area contributed by atoms with Gasteiger partial charge in [0.05, 0.1) is 11.9 Å². The highest BCUT2D eigenvalue weighted by molar-refractivity contribution is 7.92. The molecule has 0 amide bonds. The van der Waals surface area contributed by atoms with Crippen LogP contribution in [0.2, 0.25) is 0 Å². The van der Waals surface area contributed by atoms with Gasteiger partial charge in [-0.3, -0.25) is 13.9 Å². The summed E-state index contributed by atoms with van der Waals surface area (Å²) in [5.74, 6) is -0.173. The Hall–Kier alpha value is -1.89. The molecule has 2 fully saturated rings. The van der Waals surface area contributed by atoms with Gasteiger partial charge in [0, 0.05) is 13.5 Å². The molecule has 0 N–H and O–H groups in total. The number of ketones is 1. The minimum Gasteiger partial charge on any atom is -0.458 e. The number of ether oxygens (including phenoxy) is 1. The molecule has 0 bridgehead atoms. The molecule has 1 aromatic rings. The molecular formula is C20H27NO5S. The van der Waals surface area contributed by atoms with Gasteiger partial charge < -0.3 is 4.74 Å². The van der Waals surface area contributed by atoms with Crippen molar-refractivity contribution < 1.29 is 22.7 Å². The molecule has 6 nitrogen and oxygen atoms in total. The van der Waals surface area contributed by atoms with E-state index in [1.807, 2.05) is 12.1 Å². The number of hydrogen-bond acceptors (Lipinski definition) is 5. The fourth-order valence-corrected chi connectivity index (χ4v) is 4.80. The minimum absolute atomic E-state index is 0.0247. The number of benzene rings is 1. The van der Waals surface area contributed by atoms with Crippen LogP contribution < -0.4 is 4.31 Å². The van der Waals surface area contributed by atoms with Gasteiger partial charge in [-0.15, -0.1) is 0 Å². The third-order valence-corrected chi connectivity index (χ3v) is 7.09. The van der Waals surface area contributed by atoms with Crippen LogP contribution in [0.4, 0.5) is 5.69 Å². The first-order valence-electron chi connectivity index (χ1n) is 9.46. The Kier molecular flexibility index (Phi) is 5.60. The number of nitrogens with zero attached hydrogens (tertiary/aromatic N) is 1. The lowest BCUT2D eigenvalue weighted by Gasteiger charge is -2.41. The van der Waals surface area contributed by atoms with E-state index in [2.05, 4.69) is 0 Å². The van der Waals surface area contributed by atoms with E-state index < -0.39 is 21.6 Å². The van der Waals surface area contributed by atoms with Crippen LogP contribution in [0.15, 0.2) is 24.3 Å². The van der Waals surface area contributed by atoms with E-state index in [0.29, 0.717) is 24.9 Å². The smallest absolute Gasteiger partial charge is 0.313 e. The summed E-state index contributed by atoms with van der Waals surface area (Å²) in [7, 11) is -1.77. The van der Waals surface area contributed by atoms with Crippen LogP contribution in [-0.4, -0.2) is 39.1 Å². The molecule has 1 atom stereocenters. The maximum Gasteiger partial charge on any atom is 0.313 e. The molecule has 27 heavy (non-hydrogen) atoms. The van der Waals surface area contributed by atoms with Crippen molar-refractivity contribution in [3.8, 4) is 0 Å². The van der Waals surface area contributed by atoms with Crippen molar-refractivity contribution in [1.29, 1.82) is 0 Å². The first-order valence-corrected chi connectivity index (χ1v) is 11.3. The molecule has 1 unspecified atom stereocenters. The second-order valence-corrected chi connectivity index (χ2v) is 9.82. The van der Waals surface area contributed by atoms with E-state index in [1.54, 1.807) is 12.1 Å². The van der Waals surface area contributed by atoms with Crippen LogP contribution >= 0.6 is 0 Å². The minimum atomic E-state index is -3.29. The summed E-state index contributed by atoms with van der Waals surface area (Å²) in [5, 5.41) is 0. The summed E-state index contributed by atoms with van der Waals surface area (Å²) in [6, 6.07) is 7.34. The predicted octanol–water partition coefficient (Wildman–Crippen LogP) is 2.85. The summed E-state index contributed by atoms with van der Waals surface area (Å²) in [6.45, 7) is 0. The molecule has 1 saturated heterocycles. The predicted molar refractivity (Wildman–Crippen MR) is 103 cm³/mol. The molecule has 0 aromatic heterocycles. The molecular weight excluding hydrogens is 366 g/mol. The topological polar surface area (TPSA) is 80.8 Å². The number of Topliss-reactive ketones (excluding diaryl/α,β-unsaturated/α-hetero) is 1. The molecule has 1 saturated carbocycles.